The van der Waals surface area contributed by atoms with E-state index in [9.17, 15) is 18.0 Å². The Hall–Kier alpha value is -1.98. The number of hydrogen-bond acceptors (Lipinski definition) is 2. The monoisotopic (exact) mass is 270 g/mol. The van der Waals surface area contributed by atoms with Gasteiger partial charge in [0.1, 0.15) is 11.7 Å². The maximum atomic E-state index is 12.7. The molecule has 3 N–H and O–H groups in total. The lowest BCUT2D eigenvalue weighted by molar-refractivity contribution is -0.160. The molecule has 3 nitrogen and oxygen atoms in total. The first-order chi connectivity index (χ1) is 8.79. The van der Waals surface area contributed by atoms with Crippen molar-refractivity contribution in [3.05, 3.63) is 41.1 Å². The first kappa shape index (κ1) is 13.5. The molecule has 0 saturated heterocycles. The van der Waals surface area contributed by atoms with E-state index in [0.717, 1.165) is 5.56 Å². The third kappa shape index (κ3) is 2.72. The van der Waals surface area contributed by atoms with E-state index in [2.05, 4.69) is 0 Å². The lowest BCUT2D eigenvalue weighted by atomic mass is 9.92. The van der Waals surface area contributed by atoms with Crippen LogP contribution < -0.4 is 11.1 Å². The highest BCUT2D eigenvalue weighted by Crippen LogP contribution is 2.33. The van der Waals surface area contributed by atoms with Gasteiger partial charge in [0.25, 0.3) is 5.91 Å². The topological polar surface area (TPSA) is 55.1 Å². The van der Waals surface area contributed by atoms with E-state index < -0.39 is 18.1 Å². The average molecular weight is 270 g/mol. The van der Waals surface area contributed by atoms with E-state index in [4.69, 9.17) is 5.73 Å². The summed E-state index contributed by atoms with van der Waals surface area (Å²) < 4.78 is 38.2. The van der Waals surface area contributed by atoms with Crippen molar-refractivity contribution in [2.45, 2.75) is 25.6 Å². The minimum Gasteiger partial charge on any atom is -0.394 e. The van der Waals surface area contributed by atoms with Crippen molar-refractivity contribution >= 4 is 11.5 Å². The van der Waals surface area contributed by atoms with Crippen molar-refractivity contribution in [3.8, 4) is 0 Å². The van der Waals surface area contributed by atoms with Gasteiger partial charge in [0.2, 0.25) is 0 Å². The highest BCUT2D eigenvalue weighted by molar-refractivity contribution is 6.02. The first-order valence-electron chi connectivity index (χ1n) is 5.72. The smallest absolute Gasteiger partial charge is 0.394 e. The fraction of sp³-hybridized carbons (Fsp3) is 0.308. The van der Waals surface area contributed by atoms with Crippen molar-refractivity contribution in [3.63, 3.8) is 0 Å². The molecular formula is C13H13F3N2O. The summed E-state index contributed by atoms with van der Waals surface area (Å²) >= 11 is 0. The Morgan fingerprint density at radius 2 is 1.84 bits per heavy atom. The Morgan fingerprint density at radius 1 is 1.26 bits per heavy atom. The number of carbonyl (C=O) groups excluding carboxylic acids is 1. The quantitative estimate of drug-likeness (QED) is 0.821. The molecule has 102 valence electrons. The van der Waals surface area contributed by atoms with Crippen LogP contribution in [0.2, 0.25) is 0 Å². The highest BCUT2D eigenvalue weighted by atomic mass is 19.4. The van der Waals surface area contributed by atoms with Crippen LogP contribution in [-0.4, -0.2) is 18.1 Å². The maximum Gasteiger partial charge on any atom is 0.408 e. The standard InChI is InChI=1S/C13H13F3N2O/c1-7-2-4-8(5-3-7)9-6-10(13(14,15)16)18-12(19)11(9)17/h2-5,10H,6,17H2,1H3,(H,18,19). The number of alkyl halides is 3. The second-order valence-corrected chi connectivity index (χ2v) is 4.53. The molecule has 2 rings (SSSR count). The fourth-order valence-corrected chi connectivity index (χ4v) is 1.96. The summed E-state index contributed by atoms with van der Waals surface area (Å²) in [6.07, 6.45) is -4.82. The number of amides is 1. The minimum atomic E-state index is -4.48. The molecule has 0 aliphatic carbocycles. The number of benzene rings is 1. The van der Waals surface area contributed by atoms with Crippen molar-refractivity contribution < 1.29 is 18.0 Å². The van der Waals surface area contributed by atoms with Crippen molar-refractivity contribution in [1.29, 1.82) is 0 Å². The zero-order chi connectivity index (χ0) is 14.2. The van der Waals surface area contributed by atoms with Gasteiger partial charge in [-0.05, 0) is 18.1 Å². The Bertz CT molecular complexity index is 532. The van der Waals surface area contributed by atoms with E-state index in [1.54, 1.807) is 24.3 Å². The Kier molecular flexibility index (Phi) is 3.26. The van der Waals surface area contributed by atoms with Gasteiger partial charge in [-0.3, -0.25) is 4.79 Å². The second-order valence-electron chi connectivity index (χ2n) is 4.53. The number of carbonyl (C=O) groups is 1. The predicted octanol–water partition coefficient (Wildman–Crippen LogP) is 2.12. The molecule has 1 heterocycles. The Balaban J connectivity index is 2.39. The van der Waals surface area contributed by atoms with Crippen LogP contribution in [0.3, 0.4) is 0 Å². The Labute approximate surface area is 108 Å². The summed E-state index contributed by atoms with van der Waals surface area (Å²) in [7, 11) is 0. The number of aryl methyl sites for hydroxylation is 1. The molecule has 0 radical (unpaired) electrons. The minimum absolute atomic E-state index is 0.149. The van der Waals surface area contributed by atoms with Gasteiger partial charge in [-0.1, -0.05) is 29.8 Å². The number of hydrogen-bond donors (Lipinski definition) is 2. The van der Waals surface area contributed by atoms with Crippen molar-refractivity contribution in [2.24, 2.45) is 5.73 Å². The predicted molar refractivity (Wildman–Crippen MR) is 64.9 cm³/mol. The van der Waals surface area contributed by atoms with Gasteiger partial charge < -0.3 is 11.1 Å². The van der Waals surface area contributed by atoms with Crippen LogP contribution in [0.15, 0.2) is 30.0 Å². The molecular weight excluding hydrogens is 257 g/mol. The molecule has 1 aliphatic heterocycles. The van der Waals surface area contributed by atoms with Gasteiger partial charge in [0.15, 0.2) is 0 Å². The first-order valence-corrected chi connectivity index (χ1v) is 5.72. The summed E-state index contributed by atoms with van der Waals surface area (Å²) in [6.45, 7) is 1.87. The molecule has 19 heavy (non-hydrogen) atoms. The summed E-state index contributed by atoms with van der Waals surface area (Å²) in [5.41, 5.74) is 7.22. The number of nitrogens with one attached hydrogen (secondary N) is 1. The van der Waals surface area contributed by atoms with E-state index >= 15 is 0 Å². The molecule has 0 aromatic heterocycles. The molecule has 1 unspecified atom stereocenters. The summed E-state index contributed by atoms with van der Waals surface area (Å²) in [4.78, 5) is 11.5. The van der Waals surface area contributed by atoms with Gasteiger partial charge in [-0.2, -0.15) is 13.2 Å². The van der Waals surface area contributed by atoms with Crippen LogP contribution in [0.4, 0.5) is 13.2 Å². The van der Waals surface area contributed by atoms with Crippen LogP contribution >= 0.6 is 0 Å². The lowest BCUT2D eigenvalue weighted by Crippen LogP contribution is -2.50. The van der Waals surface area contributed by atoms with Gasteiger partial charge in [0.05, 0.1) is 0 Å². The average Bonchev–Trinajstić information content (AvgIpc) is 2.32. The molecule has 0 saturated carbocycles. The zero-order valence-electron chi connectivity index (χ0n) is 10.2. The Morgan fingerprint density at radius 3 is 2.37 bits per heavy atom. The molecule has 1 aromatic carbocycles. The molecule has 6 heteroatoms. The van der Waals surface area contributed by atoms with Crippen LogP contribution in [0.25, 0.3) is 5.57 Å². The van der Waals surface area contributed by atoms with E-state index in [0.29, 0.717) is 5.56 Å². The zero-order valence-corrected chi connectivity index (χ0v) is 10.2. The van der Waals surface area contributed by atoms with Crippen molar-refractivity contribution in [2.75, 3.05) is 0 Å². The van der Waals surface area contributed by atoms with E-state index in [-0.39, 0.29) is 17.7 Å². The van der Waals surface area contributed by atoms with Gasteiger partial charge >= 0.3 is 6.18 Å². The SMILES string of the molecule is Cc1ccc(C2=C(N)C(=O)NC(C(F)(F)F)C2)cc1. The summed E-state index contributed by atoms with van der Waals surface area (Å²) in [6, 6.07) is 4.99. The molecule has 0 bridgehead atoms. The largest absolute Gasteiger partial charge is 0.408 e. The number of nitrogens with two attached hydrogens (primary N) is 1. The second kappa shape index (κ2) is 4.60. The summed E-state index contributed by atoms with van der Waals surface area (Å²) in [5, 5.41) is 1.87. The molecule has 0 fully saturated rings. The maximum absolute atomic E-state index is 12.7. The van der Waals surface area contributed by atoms with Gasteiger partial charge in [-0.25, -0.2) is 0 Å². The lowest BCUT2D eigenvalue weighted by Gasteiger charge is -2.28. The molecule has 1 atom stereocenters. The molecule has 1 aromatic rings. The van der Waals surface area contributed by atoms with Gasteiger partial charge in [0, 0.05) is 6.42 Å². The number of rotatable bonds is 1. The normalized spacial score (nSPS) is 20.4. The van der Waals surface area contributed by atoms with Crippen molar-refractivity contribution in [1.82, 2.24) is 5.32 Å². The highest BCUT2D eigenvalue weighted by Gasteiger charge is 2.44. The fourth-order valence-electron chi connectivity index (χ4n) is 1.96. The van der Waals surface area contributed by atoms with Crippen LogP contribution in [-0.2, 0) is 4.79 Å². The van der Waals surface area contributed by atoms with E-state index in [1.165, 1.54) is 0 Å². The van der Waals surface area contributed by atoms with Gasteiger partial charge in [-0.15, -0.1) is 0 Å². The summed E-state index contributed by atoms with van der Waals surface area (Å²) in [5.74, 6) is -0.871. The number of halogens is 3. The third-order valence-corrected chi connectivity index (χ3v) is 3.08. The van der Waals surface area contributed by atoms with Crippen LogP contribution in [0.1, 0.15) is 17.5 Å². The molecule has 1 aliphatic rings. The van der Waals surface area contributed by atoms with Crippen LogP contribution in [0, 0.1) is 6.92 Å². The van der Waals surface area contributed by atoms with Crippen LogP contribution in [0.5, 0.6) is 0 Å². The van der Waals surface area contributed by atoms with E-state index in [1.807, 2.05) is 12.2 Å². The third-order valence-electron chi connectivity index (χ3n) is 3.08. The molecule has 1 amide bonds. The molecule has 0 spiro atoms.